The molecule has 1 aromatic heterocycles. The number of carbonyl (C=O) groups is 3. The molecule has 1 N–H and O–H groups in total. The first kappa shape index (κ1) is 29.5. The summed E-state index contributed by atoms with van der Waals surface area (Å²) < 4.78 is 18.9. The number of piperazine rings is 1. The largest absolute Gasteiger partial charge is 0.451 e. The number of hydrogen-bond donors (Lipinski definition) is 1. The number of nitrogens with one attached hydrogen (secondary N) is 1. The van der Waals surface area contributed by atoms with Gasteiger partial charge in [-0.25, -0.2) is 14.2 Å². The summed E-state index contributed by atoms with van der Waals surface area (Å²) in [7, 11) is 1.24. The van der Waals surface area contributed by atoms with E-state index < -0.39 is 17.8 Å². The third-order valence-corrected chi connectivity index (χ3v) is 7.65. The zero-order valence-corrected chi connectivity index (χ0v) is 24.5. The Hall–Kier alpha value is -5.61. The van der Waals surface area contributed by atoms with Gasteiger partial charge in [-0.1, -0.05) is 72.8 Å². The minimum atomic E-state index is -0.767. The van der Waals surface area contributed by atoms with Crippen LogP contribution in [0, 0.1) is 5.82 Å². The number of aromatic nitrogens is 1. The molecule has 1 aliphatic rings. The fraction of sp³-hybridized carbons (Fsp3) is 0.143. The molecular formula is C35H30FN5O4. The second kappa shape index (κ2) is 12.9. The number of hydrazine groups is 1. The van der Waals surface area contributed by atoms with Crippen molar-refractivity contribution in [1.82, 2.24) is 15.3 Å². The second-order valence-electron chi connectivity index (χ2n) is 10.5. The Morgan fingerprint density at radius 1 is 0.911 bits per heavy atom. The van der Waals surface area contributed by atoms with Crippen molar-refractivity contribution >= 4 is 40.2 Å². The molecule has 2 heterocycles. The lowest BCUT2D eigenvalue weighted by atomic mass is 9.95. The van der Waals surface area contributed by atoms with Crippen LogP contribution in [0.15, 0.2) is 109 Å². The molecule has 1 saturated heterocycles. The Labute approximate surface area is 259 Å². The molecule has 0 radical (unpaired) electrons. The lowest BCUT2D eigenvalue weighted by molar-refractivity contribution is -0.121. The van der Waals surface area contributed by atoms with Crippen molar-refractivity contribution in [3.63, 3.8) is 0 Å². The maximum Gasteiger partial charge on any atom is 0.433 e. The van der Waals surface area contributed by atoms with Crippen LogP contribution in [0.25, 0.3) is 22.2 Å². The van der Waals surface area contributed by atoms with Gasteiger partial charge < -0.3 is 9.64 Å². The molecule has 3 amide bonds. The number of rotatable bonds is 6. The lowest BCUT2D eigenvalue weighted by Gasteiger charge is -2.35. The number of pyridine rings is 1. The number of amides is 3. The van der Waals surface area contributed by atoms with Gasteiger partial charge in [0.2, 0.25) is 5.91 Å². The van der Waals surface area contributed by atoms with Crippen LogP contribution in [0.4, 0.5) is 20.6 Å². The van der Waals surface area contributed by atoms with E-state index in [1.165, 1.54) is 19.2 Å². The molecule has 0 saturated carbocycles. The van der Waals surface area contributed by atoms with Crippen molar-refractivity contribution in [2.45, 2.75) is 6.54 Å². The lowest BCUT2D eigenvalue weighted by Crippen LogP contribution is -2.50. The first-order valence-electron chi connectivity index (χ1n) is 14.4. The van der Waals surface area contributed by atoms with Crippen LogP contribution in [-0.2, 0) is 16.1 Å². The highest BCUT2D eigenvalue weighted by molar-refractivity contribution is 6.10. The minimum absolute atomic E-state index is 0.0525. The van der Waals surface area contributed by atoms with Crippen LogP contribution >= 0.6 is 0 Å². The van der Waals surface area contributed by atoms with Crippen LogP contribution in [0.3, 0.4) is 0 Å². The molecule has 0 atom stereocenters. The maximum absolute atomic E-state index is 14.3. The minimum Gasteiger partial charge on any atom is -0.451 e. The summed E-state index contributed by atoms with van der Waals surface area (Å²) >= 11 is 0. The van der Waals surface area contributed by atoms with Gasteiger partial charge in [0, 0.05) is 41.8 Å². The Bertz CT molecular complexity index is 1870. The summed E-state index contributed by atoms with van der Waals surface area (Å²) in [6, 6.07) is 31.5. The van der Waals surface area contributed by atoms with Crippen molar-refractivity contribution in [3.05, 3.63) is 126 Å². The number of carbonyl (C=O) groups excluding carboxylic acids is 3. The molecule has 0 unspecified atom stereocenters. The van der Waals surface area contributed by atoms with Crippen molar-refractivity contribution in [3.8, 4) is 11.3 Å². The van der Waals surface area contributed by atoms with Crippen LogP contribution in [0.2, 0.25) is 0 Å². The number of fused-ring (bicyclic) bond motifs is 1. The number of halogens is 1. The highest BCUT2D eigenvalue weighted by Crippen LogP contribution is 2.32. The molecule has 4 aromatic carbocycles. The summed E-state index contributed by atoms with van der Waals surface area (Å²) in [5, 5.41) is 1.65. The third-order valence-electron chi connectivity index (χ3n) is 7.65. The fourth-order valence-corrected chi connectivity index (χ4v) is 5.54. The van der Waals surface area contributed by atoms with Gasteiger partial charge in [-0.2, -0.15) is 5.01 Å². The first-order valence-corrected chi connectivity index (χ1v) is 14.4. The van der Waals surface area contributed by atoms with Gasteiger partial charge in [-0.3, -0.25) is 19.9 Å². The topological polar surface area (TPSA) is 95.1 Å². The average molecular weight is 604 g/mol. The van der Waals surface area contributed by atoms with Crippen molar-refractivity contribution < 1.29 is 23.5 Å². The van der Waals surface area contributed by atoms with E-state index in [9.17, 15) is 18.8 Å². The molecule has 5 aromatic rings. The van der Waals surface area contributed by atoms with Crippen LogP contribution in [0.5, 0.6) is 0 Å². The zero-order chi connectivity index (χ0) is 31.3. The van der Waals surface area contributed by atoms with Gasteiger partial charge in [0.1, 0.15) is 5.82 Å². The average Bonchev–Trinajstić information content (AvgIpc) is 3.07. The number of benzene rings is 4. The fourth-order valence-electron chi connectivity index (χ4n) is 5.54. The van der Waals surface area contributed by atoms with E-state index in [1.807, 2.05) is 59.5 Å². The Kier molecular flexibility index (Phi) is 8.47. The SMILES string of the molecule is COC(=O)N(NC(=O)c1c(CN2CCN(c3cccc(F)c3)C(=O)C2)c(-c2ccccc2)nc2ccccc12)c1ccccc1. The van der Waals surface area contributed by atoms with Gasteiger partial charge in [-0.05, 0) is 36.4 Å². The van der Waals surface area contributed by atoms with Gasteiger partial charge >= 0.3 is 6.09 Å². The standard InChI is InChI=1S/C35H30FN5O4/c1-45-35(44)41(26-14-6-3-7-15-26)38-34(43)32-28-17-8-9-18-30(28)37-33(24-11-4-2-5-12-24)29(32)22-39-19-20-40(31(42)23-39)27-16-10-13-25(36)21-27/h2-18,21H,19-20,22-23H2,1H3,(H,38,43). The smallest absolute Gasteiger partial charge is 0.433 e. The monoisotopic (exact) mass is 603 g/mol. The van der Waals surface area contributed by atoms with Crippen molar-refractivity contribution in [2.75, 3.05) is 36.7 Å². The summed E-state index contributed by atoms with van der Waals surface area (Å²) in [5.74, 6) is -1.14. The second-order valence-corrected chi connectivity index (χ2v) is 10.5. The molecule has 45 heavy (non-hydrogen) atoms. The molecule has 10 heteroatoms. The number of para-hydroxylation sites is 2. The van der Waals surface area contributed by atoms with E-state index in [-0.39, 0.29) is 19.0 Å². The molecule has 0 spiro atoms. The van der Waals surface area contributed by atoms with E-state index in [2.05, 4.69) is 5.43 Å². The van der Waals surface area contributed by atoms with Crippen molar-refractivity contribution in [2.24, 2.45) is 0 Å². The van der Waals surface area contributed by atoms with Gasteiger partial charge in [0.05, 0.1) is 36.1 Å². The highest BCUT2D eigenvalue weighted by atomic mass is 19.1. The van der Waals surface area contributed by atoms with E-state index in [4.69, 9.17) is 9.72 Å². The summed E-state index contributed by atoms with van der Waals surface area (Å²) in [6.07, 6.45) is -0.767. The molecule has 226 valence electrons. The summed E-state index contributed by atoms with van der Waals surface area (Å²) in [4.78, 5) is 49.0. The predicted molar refractivity (Wildman–Crippen MR) is 170 cm³/mol. The molecular weight excluding hydrogens is 573 g/mol. The number of hydrogen-bond acceptors (Lipinski definition) is 6. The third kappa shape index (κ3) is 6.22. The number of nitrogens with zero attached hydrogens (tertiary/aromatic N) is 4. The Morgan fingerprint density at radius 3 is 2.33 bits per heavy atom. The van der Waals surface area contributed by atoms with Gasteiger partial charge in [0.15, 0.2) is 0 Å². The van der Waals surface area contributed by atoms with Crippen LogP contribution in [-0.4, -0.2) is 54.5 Å². The van der Waals surface area contributed by atoms with Gasteiger partial charge in [-0.15, -0.1) is 0 Å². The Morgan fingerprint density at radius 2 is 1.62 bits per heavy atom. The molecule has 0 aliphatic carbocycles. The normalized spacial score (nSPS) is 13.5. The number of ether oxygens (including phenoxy) is 1. The van der Waals surface area contributed by atoms with Crippen molar-refractivity contribution in [1.29, 1.82) is 0 Å². The van der Waals surface area contributed by atoms with Crippen LogP contribution < -0.4 is 15.3 Å². The van der Waals surface area contributed by atoms with E-state index in [0.717, 1.165) is 10.6 Å². The van der Waals surface area contributed by atoms with E-state index in [1.54, 1.807) is 47.4 Å². The maximum atomic E-state index is 14.3. The van der Waals surface area contributed by atoms with Gasteiger partial charge in [0.25, 0.3) is 5.91 Å². The molecule has 0 bridgehead atoms. The Balaban J connectivity index is 1.42. The van der Waals surface area contributed by atoms with E-state index in [0.29, 0.717) is 52.2 Å². The van der Waals surface area contributed by atoms with E-state index >= 15 is 0 Å². The predicted octanol–water partition coefficient (Wildman–Crippen LogP) is 5.81. The molecule has 1 aliphatic heterocycles. The summed E-state index contributed by atoms with van der Waals surface area (Å²) in [6.45, 7) is 1.09. The quantitative estimate of drug-likeness (QED) is 0.246. The molecule has 9 nitrogen and oxygen atoms in total. The zero-order valence-electron chi connectivity index (χ0n) is 24.5. The number of methoxy groups -OCH3 is 1. The molecule has 1 fully saturated rings. The molecule has 6 rings (SSSR count). The highest BCUT2D eigenvalue weighted by Gasteiger charge is 2.30. The number of anilines is 2. The summed E-state index contributed by atoms with van der Waals surface area (Å²) in [5.41, 5.74) is 6.58. The van der Waals surface area contributed by atoms with Crippen LogP contribution in [0.1, 0.15) is 15.9 Å². The first-order chi connectivity index (χ1) is 21.9.